The first-order valence-electron chi connectivity index (χ1n) is 7.15. The van der Waals surface area contributed by atoms with Gasteiger partial charge in [-0.2, -0.15) is 0 Å². The molecule has 0 saturated heterocycles. The highest BCUT2D eigenvalue weighted by molar-refractivity contribution is 5.30. The van der Waals surface area contributed by atoms with Crippen LogP contribution in [0.5, 0.6) is 5.75 Å². The van der Waals surface area contributed by atoms with Crippen molar-refractivity contribution in [1.29, 1.82) is 0 Å². The van der Waals surface area contributed by atoms with Crippen LogP contribution in [0.3, 0.4) is 0 Å². The lowest BCUT2D eigenvalue weighted by Gasteiger charge is -2.12. The van der Waals surface area contributed by atoms with Gasteiger partial charge in [-0.1, -0.05) is 30.3 Å². The number of methoxy groups -OCH3 is 1. The molecule has 2 nitrogen and oxygen atoms in total. The van der Waals surface area contributed by atoms with E-state index in [-0.39, 0.29) is 11.6 Å². The topological polar surface area (TPSA) is 29.5 Å². The summed E-state index contributed by atoms with van der Waals surface area (Å²) in [4.78, 5) is 0. The summed E-state index contributed by atoms with van der Waals surface area (Å²) < 4.78 is 18.5. The van der Waals surface area contributed by atoms with Gasteiger partial charge in [0.15, 0.2) is 11.6 Å². The second-order valence-corrected chi connectivity index (χ2v) is 5.29. The van der Waals surface area contributed by atoms with Crippen molar-refractivity contribution < 1.29 is 14.2 Å². The highest BCUT2D eigenvalue weighted by Gasteiger charge is 2.09. The minimum absolute atomic E-state index is 0.230. The molecule has 0 saturated carbocycles. The van der Waals surface area contributed by atoms with Crippen LogP contribution in [0.4, 0.5) is 4.39 Å². The molecule has 0 aliphatic rings. The van der Waals surface area contributed by atoms with Gasteiger partial charge in [0.25, 0.3) is 0 Å². The van der Waals surface area contributed by atoms with Crippen molar-refractivity contribution in [2.24, 2.45) is 0 Å². The Bertz CT molecular complexity index is 596. The number of aliphatic hydroxyl groups excluding tert-OH is 1. The fourth-order valence-corrected chi connectivity index (χ4v) is 2.42. The second kappa shape index (κ2) is 7.23. The monoisotopic (exact) mass is 288 g/mol. The molecule has 0 aliphatic heterocycles. The third-order valence-electron chi connectivity index (χ3n) is 3.70. The maximum atomic E-state index is 13.6. The molecule has 3 heteroatoms. The van der Waals surface area contributed by atoms with E-state index in [1.807, 2.05) is 12.1 Å². The van der Waals surface area contributed by atoms with E-state index in [0.717, 1.165) is 12.0 Å². The number of hydrogen-bond acceptors (Lipinski definition) is 2. The van der Waals surface area contributed by atoms with Gasteiger partial charge in [-0.15, -0.1) is 0 Å². The Kier molecular flexibility index (Phi) is 5.34. The fraction of sp³-hybridized carbons (Fsp3) is 0.333. The molecule has 0 aromatic heterocycles. The third-order valence-corrected chi connectivity index (χ3v) is 3.70. The Morgan fingerprint density at radius 3 is 2.62 bits per heavy atom. The molecule has 2 aromatic carbocycles. The molecule has 21 heavy (non-hydrogen) atoms. The predicted molar refractivity (Wildman–Crippen MR) is 82.2 cm³/mol. The lowest BCUT2D eigenvalue weighted by atomic mass is 9.99. The van der Waals surface area contributed by atoms with Crippen LogP contribution in [0.25, 0.3) is 0 Å². The summed E-state index contributed by atoms with van der Waals surface area (Å²) in [5.74, 6) is -0.158. The Balaban J connectivity index is 1.91. The van der Waals surface area contributed by atoms with E-state index in [1.54, 1.807) is 12.1 Å². The quantitative estimate of drug-likeness (QED) is 0.878. The molecule has 0 heterocycles. The van der Waals surface area contributed by atoms with Crippen LogP contribution in [0, 0.1) is 12.7 Å². The summed E-state index contributed by atoms with van der Waals surface area (Å²) in [6.45, 7) is 2.07. The van der Waals surface area contributed by atoms with Crippen molar-refractivity contribution in [2.45, 2.75) is 32.3 Å². The molecule has 0 radical (unpaired) electrons. The van der Waals surface area contributed by atoms with Crippen molar-refractivity contribution in [1.82, 2.24) is 0 Å². The van der Waals surface area contributed by atoms with Gasteiger partial charge < -0.3 is 9.84 Å². The van der Waals surface area contributed by atoms with Crippen LogP contribution in [0.15, 0.2) is 42.5 Å². The van der Waals surface area contributed by atoms with Crippen LogP contribution in [-0.4, -0.2) is 18.3 Å². The third kappa shape index (κ3) is 4.30. The Morgan fingerprint density at radius 2 is 1.95 bits per heavy atom. The van der Waals surface area contributed by atoms with Crippen LogP contribution >= 0.6 is 0 Å². The molecule has 0 aliphatic carbocycles. The van der Waals surface area contributed by atoms with Gasteiger partial charge in [0.1, 0.15) is 0 Å². The molecule has 1 N–H and O–H groups in total. The largest absolute Gasteiger partial charge is 0.494 e. The van der Waals surface area contributed by atoms with E-state index < -0.39 is 6.10 Å². The summed E-state index contributed by atoms with van der Waals surface area (Å²) in [5, 5.41) is 10.1. The van der Waals surface area contributed by atoms with Gasteiger partial charge in [0, 0.05) is 0 Å². The normalized spacial score (nSPS) is 12.2. The number of aliphatic hydroxyl groups is 1. The summed E-state index contributed by atoms with van der Waals surface area (Å²) in [7, 11) is 1.44. The van der Waals surface area contributed by atoms with E-state index in [1.165, 1.54) is 24.3 Å². The van der Waals surface area contributed by atoms with E-state index in [0.29, 0.717) is 12.8 Å². The lowest BCUT2D eigenvalue weighted by molar-refractivity contribution is 0.165. The minimum atomic E-state index is -0.475. The van der Waals surface area contributed by atoms with E-state index in [4.69, 9.17) is 4.74 Å². The number of rotatable bonds is 6. The molecular formula is C18H21FO2. The number of aryl methyl sites for hydroxylation is 2. The maximum Gasteiger partial charge on any atom is 0.165 e. The Labute approximate surface area is 125 Å². The molecule has 0 fully saturated rings. The fourth-order valence-electron chi connectivity index (χ4n) is 2.42. The molecule has 0 spiro atoms. The van der Waals surface area contributed by atoms with Gasteiger partial charge in [-0.05, 0) is 55.0 Å². The van der Waals surface area contributed by atoms with Crippen molar-refractivity contribution >= 4 is 0 Å². The van der Waals surface area contributed by atoms with E-state index in [9.17, 15) is 9.50 Å². The summed E-state index contributed by atoms with van der Waals surface area (Å²) in [6.07, 6.45) is 1.47. The first kappa shape index (κ1) is 15.5. The Morgan fingerprint density at radius 1 is 1.19 bits per heavy atom. The first-order chi connectivity index (χ1) is 10.1. The van der Waals surface area contributed by atoms with E-state index in [2.05, 4.69) is 19.1 Å². The number of ether oxygens (including phenoxy) is 1. The van der Waals surface area contributed by atoms with Crippen LogP contribution in [-0.2, 0) is 12.8 Å². The molecule has 1 atom stereocenters. The lowest BCUT2D eigenvalue weighted by Crippen LogP contribution is -2.12. The smallest absolute Gasteiger partial charge is 0.165 e. The SMILES string of the molecule is COc1ccc(CC(O)CCc2ccccc2C)cc1F. The van der Waals surface area contributed by atoms with Crippen molar-refractivity contribution in [3.63, 3.8) is 0 Å². The molecule has 1 unspecified atom stereocenters. The Hall–Kier alpha value is -1.87. The highest BCUT2D eigenvalue weighted by Crippen LogP contribution is 2.19. The van der Waals surface area contributed by atoms with Crippen molar-refractivity contribution in [3.8, 4) is 5.75 Å². The summed E-state index contributed by atoms with van der Waals surface area (Å²) in [5.41, 5.74) is 3.27. The first-order valence-corrected chi connectivity index (χ1v) is 7.15. The van der Waals surface area contributed by atoms with Gasteiger partial charge in [0.05, 0.1) is 13.2 Å². The molecular weight excluding hydrogens is 267 g/mol. The van der Waals surface area contributed by atoms with Gasteiger partial charge in [0.2, 0.25) is 0 Å². The number of benzene rings is 2. The van der Waals surface area contributed by atoms with Crippen molar-refractivity contribution in [3.05, 3.63) is 65.0 Å². The highest BCUT2D eigenvalue weighted by atomic mass is 19.1. The summed E-state index contributed by atoms with van der Waals surface area (Å²) >= 11 is 0. The van der Waals surface area contributed by atoms with Crippen molar-refractivity contribution in [2.75, 3.05) is 7.11 Å². The summed E-state index contributed by atoms with van der Waals surface area (Å²) in [6, 6.07) is 13.0. The molecule has 2 rings (SSSR count). The predicted octanol–water partition coefficient (Wildman–Crippen LogP) is 3.68. The average molecular weight is 288 g/mol. The minimum Gasteiger partial charge on any atom is -0.494 e. The molecule has 2 aromatic rings. The number of hydrogen-bond donors (Lipinski definition) is 1. The van der Waals surface area contributed by atoms with Gasteiger partial charge >= 0.3 is 0 Å². The van der Waals surface area contributed by atoms with Gasteiger partial charge in [-0.3, -0.25) is 0 Å². The molecule has 0 bridgehead atoms. The zero-order valence-electron chi connectivity index (χ0n) is 12.5. The maximum absolute atomic E-state index is 13.6. The van der Waals surface area contributed by atoms with Crippen LogP contribution in [0.1, 0.15) is 23.1 Å². The zero-order valence-corrected chi connectivity index (χ0v) is 12.5. The second-order valence-electron chi connectivity index (χ2n) is 5.29. The van der Waals surface area contributed by atoms with E-state index >= 15 is 0 Å². The standard InChI is InChI=1S/C18H21FO2/c1-13-5-3-4-6-15(13)8-9-16(20)11-14-7-10-18(21-2)17(19)12-14/h3-7,10,12,16,20H,8-9,11H2,1-2H3. The molecule has 112 valence electrons. The molecule has 0 amide bonds. The van der Waals surface area contributed by atoms with Crippen LogP contribution < -0.4 is 4.74 Å². The zero-order chi connectivity index (χ0) is 15.2. The van der Waals surface area contributed by atoms with Crippen LogP contribution in [0.2, 0.25) is 0 Å². The van der Waals surface area contributed by atoms with Gasteiger partial charge in [-0.25, -0.2) is 4.39 Å². The average Bonchev–Trinajstić information content (AvgIpc) is 2.46. The number of halogens is 1.